The van der Waals surface area contributed by atoms with Crippen molar-refractivity contribution < 1.29 is 4.79 Å². The standard InChI is InChI=1S/C18H28N2O/c1-5-15-8-10-16(17(13-15)18(21)6-2)9-7-14(3)20-12-11-19-4/h8,10,13,19-20H,3,5-7,9,11-12H2,1-2,4H3. The highest BCUT2D eigenvalue weighted by Crippen LogP contribution is 2.17. The third-order valence-corrected chi connectivity index (χ3v) is 3.65. The second-order valence-corrected chi connectivity index (χ2v) is 5.26. The van der Waals surface area contributed by atoms with Crippen LogP contribution < -0.4 is 10.6 Å². The van der Waals surface area contributed by atoms with Gasteiger partial charge in [-0.3, -0.25) is 4.79 Å². The highest BCUT2D eigenvalue weighted by Gasteiger charge is 2.10. The minimum absolute atomic E-state index is 0.231. The van der Waals surface area contributed by atoms with E-state index in [1.54, 1.807) is 0 Å². The molecular formula is C18H28N2O. The molecule has 1 aromatic carbocycles. The van der Waals surface area contributed by atoms with Crippen LogP contribution in [0.15, 0.2) is 30.5 Å². The van der Waals surface area contributed by atoms with Crippen LogP contribution in [-0.4, -0.2) is 25.9 Å². The monoisotopic (exact) mass is 288 g/mol. The summed E-state index contributed by atoms with van der Waals surface area (Å²) < 4.78 is 0. The SMILES string of the molecule is C=C(CCc1ccc(CC)cc1C(=O)CC)NCCNC. The zero-order valence-electron chi connectivity index (χ0n) is 13.6. The lowest BCUT2D eigenvalue weighted by molar-refractivity contribution is 0.0987. The Bertz CT molecular complexity index is 480. The summed E-state index contributed by atoms with van der Waals surface area (Å²) in [5.41, 5.74) is 4.27. The van der Waals surface area contributed by atoms with Crippen molar-refractivity contribution in [3.05, 3.63) is 47.2 Å². The lowest BCUT2D eigenvalue weighted by Gasteiger charge is -2.12. The molecule has 0 fully saturated rings. The molecule has 2 N–H and O–H groups in total. The van der Waals surface area contributed by atoms with Gasteiger partial charge < -0.3 is 10.6 Å². The van der Waals surface area contributed by atoms with Crippen LogP contribution in [0.4, 0.5) is 0 Å². The fourth-order valence-corrected chi connectivity index (χ4v) is 2.25. The van der Waals surface area contributed by atoms with Crippen LogP contribution in [0.25, 0.3) is 0 Å². The molecule has 0 aliphatic carbocycles. The van der Waals surface area contributed by atoms with Gasteiger partial charge in [-0.2, -0.15) is 0 Å². The van der Waals surface area contributed by atoms with Crippen LogP contribution in [0.2, 0.25) is 0 Å². The number of carbonyl (C=O) groups excluding carboxylic acids is 1. The van der Waals surface area contributed by atoms with Crippen LogP contribution in [0.5, 0.6) is 0 Å². The molecule has 0 heterocycles. The molecular weight excluding hydrogens is 260 g/mol. The van der Waals surface area contributed by atoms with Crippen LogP contribution >= 0.6 is 0 Å². The summed E-state index contributed by atoms with van der Waals surface area (Å²) in [5, 5.41) is 6.39. The van der Waals surface area contributed by atoms with Gasteiger partial charge in [0.1, 0.15) is 0 Å². The fourth-order valence-electron chi connectivity index (χ4n) is 2.25. The highest BCUT2D eigenvalue weighted by atomic mass is 16.1. The van der Waals surface area contributed by atoms with E-state index in [4.69, 9.17) is 0 Å². The molecule has 0 spiro atoms. The molecule has 0 unspecified atom stereocenters. The van der Waals surface area contributed by atoms with Crippen LogP contribution in [0, 0.1) is 0 Å². The molecule has 0 aliphatic rings. The smallest absolute Gasteiger partial charge is 0.162 e. The van der Waals surface area contributed by atoms with Crippen molar-refractivity contribution in [3.8, 4) is 0 Å². The zero-order valence-corrected chi connectivity index (χ0v) is 13.6. The Morgan fingerprint density at radius 2 is 2.00 bits per heavy atom. The van der Waals surface area contributed by atoms with E-state index in [1.807, 2.05) is 14.0 Å². The maximum absolute atomic E-state index is 12.1. The maximum Gasteiger partial charge on any atom is 0.162 e. The van der Waals surface area contributed by atoms with E-state index in [9.17, 15) is 4.79 Å². The largest absolute Gasteiger partial charge is 0.388 e. The number of allylic oxidation sites excluding steroid dienone is 1. The van der Waals surface area contributed by atoms with Crippen LogP contribution in [0.3, 0.4) is 0 Å². The van der Waals surface area contributed by atoms with E-state index < -0.39 is 0 Å². The van der Waals surface area contributed by atoms with Gasteiger partial charge >= 0.3 is 0 Å². The Labute approximate surface area is 128 Å². The summed E-state index contributed by atoms with van der Waals surface area (Å²) in [7, 11) is 1.93. The lowest BCUT2D eigenvalue weighted by atomic mass is 9.95. The molecule has 1 rings (SSSR count). The molecule has 116 valence electrons. The number of likely N-dealkylation sites (N-methyl/N-ethyl adjacent to an activating group) is 1. The molecule has 1 aromatic rings. The third kappa shape index (κ3) is 5.72. The van der Waals surface area contributed by atoms with Crippen molar-refractivity contribution >= 4 is 5.78 Å². The molecule has 3 heteroatoms. The predicted molar refractivity (Wildman–Crippen MR) is 89.8 cm³/mol. The van der Waals surface area contributed by atoms with Gasteiger partial charge in [-0.05, 0) is 43.5 Å². The van der Waals surface area contributed by atoms with Gasteiger partial charge in [0.05, 0.1) is 0 Å². The number of Topliss-reactive ketones (excluding diaryl/α,β-unsaturated/α-hetero) is 1. The first kappa shape index (κ1) is 17.4. The molecule has 0 amide bonds. The molecule has 0 atom stereocenters. The molecule has 0 bridgehead atoms. The summed E-state index contributed by atoms with van der Waals surface area (Å²) in [6.45, 7) is 9.88. The summed E-state index contributed by atoms with van der Waals surface area (Å²) in [4.78, 5) is 12.1. The topological polar surface area (TPSA) is 41.1 Å². The van der Waals surface area contributed by atoms with Crippen LogP contribution in [0.1, 0.15) is 48.2 Å². The average Bonchev–Trinajstić information content (AvgIpc) is 2.52. The maximum atomic E-state index is 12.1. The summed E-state index contributed by atoms with van der Waals surface area (Å²) >= 11 is 0. The molecule has 21 heavy (non-hydrogen) atoms. The first-order valence-electron chi connectivity index (χ1n) is 7.83. The number of benzene rings is 1. The number of hydrogen-bond donors (Lipinski definition) is 2. The number of carbonyl (C=O) groups is 1. The number of aryl methyl sites for hydroxylation is 2. The molecule has 0 aromatic heterocycles. The van der Waals surface area contributed by atoms with E-state index in [0.29, 0.717) is 6.42 Å². The molecule has 0 radical (unpaired) electrons. The van der Waals surface area contributed by atoms with Gasteiger partial charge in [-0.15, -0.1) is 0 Å². The van der Waals surface area contributed by atoms with E-state index in [-0.39, 0.29) is 5.78 Å². The zero-order chi connectivity index (χ0) is 15.7. The Morgan fingerprint density at radius 1 is 1.24 bits per heavy atom. The van der Waals surface area contributed by atoms with Crippen molar-refractivity contribution in [2.45, 2.75) is 39.5 Å². The van der Waals surface area contributed by atoms with Crippen molar-refractivity contribution in [1.82, 2.24) is 10.6 Å². The Hall–Kier alpha value is -1.61. The number of hydrogen-bond acceptors (Lipinski definition) is 3. The Balaban J connectivity index is 2.69. The Kier molecular flexibility index (Phi) is 7.76. The molecule has 0 saturated heterocycles. The Morgan fingerprint density at radius 3 is 2.62 bits per heavy atom. The molecule has 0 aliphatic heterocycles. The van der Waals surface area contributed by atoms with Crippen molar-refractivity contribution in [2.24, 2.45) is 0 Å². The van der Waals surface area contributed by atoms with Gasteiger partial charge in [0.25, 0.3) is 0 Å². The highest BCUT2D eigenvalue weighted by molar-refractivity contribution is 5.97. The van der Waals surface area contributed by atoms with Crippen molar-refractivity contribution in [3.63, 3.8) is 0 Å². The van der Waals surface area contributed by atoms with E-state index in [0.717, 1.165) is 49.2 Å². The van der Waals surface area contributed by atoms with Gasteiger partial charge in [0.15, 0.2) is 5.78 Å². The second kappa shape index (κ2) is 9.35. The van der Waals surface area contributed by atoms with Gasteiger partial charge in [-0.25, -0.2) is 0 Å². The van der Waals surface area contributed by atoms with Crippen molar-refractivity contribution in [2.75, 3.05) is 20.1 Å². The predicted octanol–water partition coefficient (Wildman–Crippen LogP) is 3.10. The fraction of sp³-hybridized carbons (Fsp3) is 0.500. The summed E-state index contributed by atoms with van der Waals surface area (Å²) in [6.07, 6.45) is 3.24. The number of rotatable bonds is 10. The van der Waals surface area contributed by atoms with E-state index in [1.165, 1.54) is 5.56 Å². The minimum atomic E-state index is 0.231. The number of nitrogens with one attached hydrogen (secondary N) is 2. The summed E-state index contributed by atoms with van der Waals surface area (Å²) in [6, 6.07) is 6.28. The second-order valence-electron chi connectivity index (χ2n) is 5.26. The van der Waals surface area contributed by atoms with E-state index in [2.05, 4.69) is 42.3 Å². The number of ketones is 1. The molecule has 0 saturated carbocycles. The van der Waals surface area contributed by atoms with Crippen molar-refractivity contribution in [1.29, 1.82) is 0 Å². The molecule has 3 nitrogen and oxygen atoms in total. The normalized spacial score (nSPS) is 10.4. The lowest BCUT2D eigenvalue weighted by Crippen LogP contribution is -2.24. The van der Waals surface area contributed by atoms with Gasteiger partial charge in [0.2, 0.25) is 0 Å². The van der Waals surface area contributed by atoms with E-state index >= 15 is 0 Å². The van der Waals surface area contributed by atoms with Crippen LogP contribution in [-0.2, 0) is 12.8 Å². The average molecular weight is 288 g/mol. The third-order valence-electron chi connectivity index (χ3n) is 3.65. The quantitative estimate of drug-likeness (QED) is 0.513. The first-order valence-corrected chi connectivity index (χ1v) is 7.83. The van der Waals surface area contributed by atoms with Gasteiger partial charge in [-0.1, -0.05) is 32.6 Å². The minimum Gasteiger partial charge on any atom is -0.388 e. The van der Waals surface area contributed by atoms with Gasteiger partial charge in [0, 0.05) is 30.8 Å². The summed E-state index contributed by atoms with van der Waals surface area (Å²) in [5.74, 6) is 0.231. The first-order chi connectivity index (χ1) is 10.1.